The van der Waals surface area contributed by atoms with Gasteiger partial charge in [-0.05, 0) is 19.2 Å². The van der Waals surface area contributed by atoms with Gasteiger partial charge in [0.2, 0.25) is 0 Å². The van der Waals surface area contributed by atoms with E-state index in [0.717, 1.165) is 36.0 Å². The number of likely N-dealkylation sites (N-methyl/N-ethyl adjacent to an activating group) is 1. The lowest BCUT2D eigenvalue weighted by Crippen LogP contribution is -2.44. The van der Waals surface area contributed by atoms with E-state index in [-0.39, 0.29) is 18.2 Å². The van der Waals surface area contributed by atoms with Crippen LogP contribution in [-0.4, -0.2) is 43.1 Å². The number of rotatable bonds is 1. The molecule has 18 heavy (non-hydrogen) atoms. The third-order valence-corrected chi connectivity index (χ3v) is 4.21. The molecule has 3 rings (SSSR count). The average molecular weight is 288 g/mol. The average Bonchev–Trinajstić information content (AvgIpc) is 2.75. The minimum Gasteiger partial charge on any atom is -0.345 e. The zero-order valence-corrected chi connectivity index (χ0v) is 11.7. The first kappa shape index (κ1) is 13.5. The highest BCUT2D eigenvalue weighted by molar-refractivity contribution is 7.22. The van der Waals surface area contributed by atoms with Crippen LogP contribution in [0.5, 0.6) is 0 Å². The van der Waals surface area contributed by atoms with E-state index in [1.54, 1.807) is 17.4 Å². The lowest BCUT2D eigenvalue weighted by Gasteiger charge is -2.31. The molecule has 0 spiro atoms. The highest BCUT2D eigenvalue weighted by Gasteiger charge is 2.18. The first-order chi connectivity index (χ1) is 8.24. The topological polar surface area (TPSA) is 19.4 Å². The molecule has 1 saturated heterocycles. The Balaban J connectivity index is 0.00000120. The zero-order valence-electron chi connectivity index (χ0n) is 10.1. The Morgan fingerprint density at radius 3 is 2.61 bits per heavy atom. The molecular formula is C12H15ClFN3S. The number of hydrogen-bond acceptors (Lipinski definition) is 4. The maximum Gasteiger partial charge on any atom is 0.186 e. The van der Waals surface area contributed by atoms with E-state index in [2.05, 4.69) is 21.8 Å². The van der Waals surface area contributed by atoms with Crippen LogP contribution in [0, 0.1) is 5.82 Å². The molecule has 0 radical (unpaired) electrons. The fourth-order valence-corrected chi connectivity index (χ4v) is 3.07. The molecule has 0 saturated carbocycles. The largest absolute Gasteiger partial charge is 0.345 e. The number of thiazole rings is 1. The molecule has 0 unspecified atom stereocenters. The summed E-state index contributed by atoms with van der Waals surface area (Å²) in [4.78, 5) is 8.95. The summed E-state index contributed by atoms with van der Waals surface area (Å²) in [6, 6.07) is 5.13. The second-order valence-electron chi connectivity index (χ2n) is 4.37. The van der Waals surface area contributed by atoms with E-state index in [1.807, 2.05) is 6.07 Å². The lowest BCUT2D eigenvalue weighted by molar-refractivity contribution is 0.313. The van der Waals surface area contributed by atoms with Crippen molar-refractivity contribution >= 4 is 39.1 Å². The van der Waals surface area contributed by atoms with Gasteiger partial charge >= 0.3 is 0 Å². The Morgan fingerprint density at radius 1 is 1.22 bits per heavy atom. The number of anilines is 1. The van der Waals surface area contributed by atoms with Gasteiger partial charge < -0.3 is 9.80 Å². The van der Waals surface area contributed by atoms with Crippen molar-refractivity contribution in [2.75, 3.05) is 38.1 Å². The van der Waals surface area contributed by atoms with Crippen LogP contribution in [0.3, 0.4) is 0 Å². The van der Waals surface area contributed by atoms with E-state index in [0.29, 0.717) is 5.52 Å². The molecule has 0 atom stereocenters. The van der Waals surface area contributed by atoms with Crippen LogP contribution in [0.1, 0.15) is 0 Å². The number of nitrogens with zero attached hydrogens (tertiary/aromatic N) is 3. The SMILES string of the molecule is CN1CCN(c2nc3c(F)cccc3s2)CC1.Cl. The second kappa shape index (κ2) is 5.38. The molecule has 2 heterocycles. The van der Waals surface area contributed by atoms with Crippen molar-refractivity contribution in [3.63, 3.8) is 0 Å². The Bertz CT molecular complexity index is 537. The van der Waals surface area contributed by atoms with Gasteiger partial charge in [-0.25, -0.2) is 9.37 Å². The Morgan fingerprint density at radius 2 is 1.94 bits per heavy atom. The van der Waals surface area contributed by atoms with Gasteiger partial charge in [-0.3, -0.25) is 0 Å². The van der Waals surface area contributed by atoms with Gasteiger partial charge in [0, 0.05) is 26.2 Å². The molecule has 0 amide bonds. The van der Waals surface area contributed by atoms with Gasteiger partial charge in [-0.15, -0.1) is 12.4 Å². The van der Waals surface area contributed by atoms with Gasteiger partial charge in [-0.1, -0.05) is 17.4 Å². The number of para-hydroxylation sites is 1. The summed E-state index contributed by atoms with van der Waals surface area (Å²) in [5, 5.41) is 0.943. The van der Waals surface area contributed by atoms with E-state index >= 15 is 0 Å². The molecule has 1 aromatic heterocycles. The summed E-state index contributed by atoms with van der Waals surface area (Å²) in [5.41, 5.74) is 0.506. The maximum absolute atomic E-state index is 13.5. The van der Waals surface area contributed by atoms with Gasteiger partial charge in [0.05, 0.1) is 4.70 Å². The highest BCUT2D eigenvalue weighted by Crippen LogP contribution is 2.30. The quantitative estimate of drug-likeness (QED) is 0.804. The van der Waals surface area contributed by atoms with E-state index in [9.17, 15) is 4.39 Å². The molecule has 1 fully saturated rings. The van der Waals surface area contributed by atoms with Gasteiger partial charge in [0.15, 0.2) is 5.13 Å². The predicted molar refractivity (Wildman–Crippen MR) is 76.5 cm³/mol. The normalized spacial score (nSPS) is 16.9. The van der Waals surface area contributed by atoms with Crippen molar-refractivity contribution in [3.8, 4) is 0 Å². The van der Waals surface area contributed by atoms with Crippen LogP contribution in [0.15, 0.2) is 18.2 Å². The van der Waals surface area contributed by atoms with Crippen LogP contribution in [-0.2, 0) is 0 Å². The maximum atomic E-state index is 13.5. The third-order valence-electron chi connectivity index (χ3n) is 3.13. The molecule has 1 aromatic carbocycles. The van der Waals surface area contributed by atoms with E-state index in [1.165, 1.54) is 6.07 Å². The predicted octanol–water partition coefficient (Wildman–Crippen LogP) is 2.61. The summed E-state index contributed by atoms with van der Waals surface area (Å²) in [6.45, 7) is 4.02. The van der Waals surface area contributed by atoms with Crippen molar-refractivity contribution in [1.29, 1.82) is 0 Å². The lowest BCUT2D eigenvalue weighted by atomic mass is 10.3. The Kier molecular flexibility index (Phi) is 4.04. The zero-order chi connectivity index (χ0) is 11.8. The summed E-state index contributed by atoms with van der Waals surface area (Å²) in [7, 11) is 2.12. The van der Waals surface area contributed by atoms with Crippen LogP contribution in [0.25, 0.3) is 10.2 Å². The van der Waals surface area contributed by atoms with Gasteiger partial charge in [0.25, 0.3) is 0 Å². The minimum absolute atomic E-state index is 0. The molecule has 3 nitrogen and oxygen atoms in total. The van der Waals surface area contributed by atoms with Crippen molar-refractivity contribution in [2.24, 2.45) is 0 Å². The molecular weight excluding hydrogens is 273 g/mol. The highest BCUT2D eigenvalue weighted by atomic mass is 35.5. The minimum atomic E-state index is -0.223. The van der Waals surface area contributed by atoms with Gasteiger partial charge in [-0.2, -0.15) is 0 Å². The molecule has 2 aromatic rings. The standard InChI is InChI=1S/C12H14FN3S.ClH/c1-15-5-7-16(8-6-15)12-14-11-9(13)3-2-4-10(11)17-12;/h2-4H,5-8H2,1H3;1H. The van der Waals surface area contributed by atoms with Crippen molar-refractivity contribution in [3.05, 3.63) is 24.0 Å². The van der Waals surface area contributed by atoms with Crippen LogP contribution >= 0.6 is 23.7 Å². The molecule has 1 aliphatic heterocycles. The Hall–Kier alpha value is -0.910. The first-order valence-corrected chi connectivity index (χ1v) is 6.54. The number of aromatic nitrogens is 1. The Labute approximate surface area is 116 Å². The van der Waals surface area contributed by atoms with Crippen LogP contribution < -0.4 is 4.90 Å². The summed E-state index contributed by atoms with van der Waals surface area (Å²) in [6.07, 6.45) is 0. The number of halogens is 2. The smallest absolute Gasteiger partial charge is 0.186 e. The molecule has 0 bridgehead atoms. The fraction of sp³-hybridized carbons (Fsp3) is 0.417. The van der Waals surface area contributed by atoms with Crippen molar-refractivity contribution < 1.29 is 4.39 Å². The summed E-state index contributed by atoms with van der Waals surface area (Å²) >= 11 is 1.58. The number of benzene rings is 1. The van der Waals surface area contributed by atoms with Crippen LogP contribution in [0.4, 0.5) is 9.52 Å². The fourth-order valence-electron chi connectivity index (χ4n) is 2.04. The van der Waals surface area contributed by atoms with E-state index in [4.69, 9.17) is 0 Å². The molecule has 98 valence electrons. The summed E-state index contributed by atoms with van der Waals surface area (Å²) in [5.74, 6) is -0.223. The third kappa shape index (κ3) is 2.43. The van der Waals surface area contributed by atoms with Crippen LogP contribution in [0.2, 0.25) is 0 Å². The molecule has 0 aliphatic carbocycles. The van der Waals surface area contributed by atoms with Crippen molar-refractivity contribution in [2.45, 2.75) is 0 Å². The number of piperazine rings is 1. The second-order valence-corrected chi connectivity index (χ2v) is 5.38. The number of hydrogen-bond donors (Lipinski definition) is 0. The van der Waals surface area contributed by atoms with Crippen molar-refractivity contribution in [1.82, 2.24) is 9.88 Å². The molecule has 0 N–H and O–H groups in total. The monoisotopic (exact) mass is 287 g/mol. The van der Waals surface area contributed by atoms with E-state index < -0.39 is 0 Å². The van der Waals surface area contributed by atoms with Gasteiger partial charge in [0.1, 0.15) is 11.3 Å². The first-order valence-electron chi connectivity index (χ1n) is 5.72. The summed E-state index contributed by atoms with van der Waals surface area (Å²) < 4.78 is 14.5. The number of fused-ring (bicyclic) bond motifs is 1. The molecule has 6 heteroatoms. The molecule has 1 aliphatic rings.